The number of hydrogen-bond acceptors (Lipinski definition) is 4. The van der Waals surface area contributed by atoms with Gasteiger partial charge in [-0.15, -0.1) is 0 Å². The lowest BCUT2D eigenvalue weighted by atomic mass is 10.2. The first kappa shape index (κ1) is 23.4. The molecule has 0 fully saturated rings. The van der Waals surface area contributed by atoms with Crippen molar-refractivity contribution in [2.24, 2.45) is 0 Å². The molecule has 0 saturated carbocycles. The zero-order valence-corrected chi connectivity index (χ0v) is 18.3. The van der Waals surface area contributed by atoms with Crippen molar-refractivity contribution in [2.45, 2.75) is 4.90 Å². The number of carbonyl (C=O) groups excluding carboxylic acids is 1. The van der Waals surface area contributed by atoms with E-state index in [2.05, 4.69) is 5.32 Å². The Bertz CT molecular complexity index is 1280. The van der Waals surface area contributed by atoms with E-state index < -0.39 is 39.1 Å². The van der Waals surface area contributed by atoms with E-state index in [4.69, 9.17) is 16.3 Å². The second kappa shape index (κ2) is 9.09. The van der Waals surface area contributed by atoms with Crippen molar-refractivity contribution in [1.29, 1.82) is 0 Å². The largest absolute Gasteiger partial charge is 0.497 e. The zero-order valence-electron chi connectivity index (χ0n) is 16.7. The SMILES string of the molecule is COc1ccc(N(C)S(=O)(=O)c2ccc(Cl)c(C(=O)Nc3ccc(F)c(F)c3F)c2)cc1. The minimum Gasteiger partial charge on any atom is -0.497 e. The lowest BCUT2D eigenvalue weighted by molar-refractivity contribution is 0.102. The van der Waals surface area contributed by atoms with E-state index >= 15 is 0 Å². The van der Waals surface area contributed by atoms with E-state index in [1.807, 2.05) is 0 Å². The van der Waals surface area contributed by atoms with Gasteiger partial charge in [0.05, 0.1) is 34.0 Å². The van der Waals surface area contributed by atoms with Gasteiger partial charge in [0.15, 0.2) is 17.5 Å². The number of halogens is 4. The van der Waals surface area contributed by atoms with Gasteiger partial charge in [0, 0.05) is 7.05 Å². The Hall–Kier alpha value is -3.24. The van der Waals surface area contributed by atoms with Crippen molar-refractivity contribution >= 4 is 38.9 Å². The van der Waals surface area contributed by atoms with Crippen LogP contribution < -0.4 is 14.4 Å². The first-order valence-electron chi connectivity index (χ1n) is 8.93. The number of ether oxygens (including phenoxy) is 1. The number of nitrogens with zero attached hydrogens (tertiary/aromatic N) is 1. The van der Waals surface area contributed by atoms with Crippen LogP contribution in [0.15, 0.2) is 59.5 Å². The lowest BCUT2D eigenvalue weighted by Crippen LogP contribution is -2.27. The van der Waals surface area contributed by atoms with Crippen molar-refractivity contribution < 1.29 is 31.1 Å². The highest BCUT2D eigenvalue weighted by molar-refractivity contribution is 7.92. The van der Waals surface area contributed by atoms with Crippen LogP contribution in [0.4, 0.5) is 24.5 Å². The molecule has 168 valence electrons. The summed E-state index contributed by atoms with van der Waals surface area (Å²) >= 11 is 6.02. The number of carbonyl (C=O) groups is 1. The Morgan fingerprint density at radius 3 is 2.28 bits per heavy atom. The van der Waals surface area contributed by atoms with Gasteiger partial charge in [-0.25, -0.2) is 21.6 Å². The molecule has 0 aliphatic heterocycles. The van der Waals surface area contributed by atoms with Crippen molar-refractivity contribution in [3.05, 3.63) is 82.6 Å². The van der Waals surface area contributed by atoms with Gasteiger partial charge < -0.3 is 10.1 Å². The van der Waals surface area contributed by atoms with Gasteiger partial charge in [-0.2, -0.15) is 0 Å². The number of hydrogen-bond donors (Lipinski definition) is 1. The molecule has 1 N–H and O–H groups in total. The second-order valence-corrected chi connectivity index (χ2v) is 8.87. The van der Waals surface area contributed by atoms with Crippen LogP contribution in [0.3, 0.4) is 0 Å². The Labute approximate surface area is 187 Å². The predicted molar refractivity (Wildman–Crippen MR) is 114 cm³/mol. The molecule has 3 rings (SSSR count). The molecule has 0 atom stereocenters. The van der Waals surface area contributed by atoms with Crippen molar-refractivity contribution in [3.8, 4) is 5.75 Å². The molecule has 0 saturated heterocycles. The molecule has 11 heteroatoms. The molecule has 0 aliphatic carbocycles. The average molecular weight is 485 g/mol. The first-order chi connectivity index (χ1) is 15.1. The fourth-order valence-electron chi connectivity index (χ4n) is 2.74. The van der Waals surface area contributed by atoms with E-state index in [-0.39, 0.29) is 15.5 Å². The molecule has 0 spiro atoms. The van der Waals surface area contributed by atoms with Gasteiger partial charge in [-0.1, -0.05) is 11.6 Å². The van der Waals surface area contributed by atoms with Crippen molar-refractivity contribution in [1.82, 2.24) is 0 Å². The summed E-state index contributed by atoms with van der Waals surface area (Å²) in [5, 5.41) is 1.93. The van der Waals surface area contributed by atoms with Gasteiger partial charge in [0.1, 0.15) is 5.75 Å². The molecule has 0 unspecified atom stereocenters. The summed E-state index contributed by atoms with van der Waals surface area (Å²) in [4.78, 5) is 12.3. The Kier molecular flexibility index (Phi) is 6.65. The summed E-state index contributed by atoms with van der Waals surface area (Å²) in [7, 11) is -1.31. The number of methoxy groups -OCH3 is 1. The van der Waals surface area contributed by atoms with Crippen LogP contribution in [-0.4, -0.2) is 28.5 Å². The van der Waals surface area contributed by atoms with Crippen LogP contribution in [0.5, 0.6) is 5.75 Å². The fraction of sp³-hybridized carbons (Fsp3) is 0.0952. The molecule has 6 nitrogen and oxygen atoms in total. The van der Waals surface area contributed by atoms with Gasteiger partial charge in [0.25, 0.3) is 15.9 Å². The van der Waals surface area contributed by atoms with Gasteiger partial charge >= 0.3 is 0 Å². The van der Waals surface area contributed by atoms with Gasteiger partial charge in [0.2, 0.25) is 0 Å². The van der Waals surface area contributed by atoms with Crippen LogP contribution in [0.2, 0.25) is 5.02 Å². The standard InChI is InChI=1S/C21H16ClF3N2O4S/c1-27(12-3-5-13(31-2)6-4-12)32(29,30)14-7-8-16(22)15(11-14)21(28)26-18-10-9-17(23)19(24)20(18)25/h3-11H,1-2H3,(H,26,28). The predicted octanol–water partition coefficient (Wildman–Crippen LogP) is 4.84. The number of nitrogens with one attached hydrogen (secondary N) is 1. The molecule has 32 heavy (non-hydrogen) atoms. The van der Waals surface area contributed by atoms with E-state index in [0.717, 1.165) is 16.4 Å². The maximum Gasteiger partial charge on any atom is 0.264 e. The number of benzene rings is 3. The first-order valence-corrected chi connectivity index (χ1v) is 10.8. The summed E-state index contributed by atoms with van der Waals surface area (Å²) < 4.78 is 72.5. The Morgan fingerprint density at radius 2 is 1.66 bits per heavy atom. The third kappa shape index (κ3) is 4.51. The normalized spacial score (nSPS) is 11.2. The minimum atomic E-state index is -4.11. The summed E-state index contributed by atoms with van der Waals surface area (Å²) in [5.41, 5.74) is -0.607. The maximum absolute atomic E-state index is 13.9. The number of amides is 1. The lowest BCUT2D eigenvalue weighted by Gasteiger charge is -2.20. The molecular formula is C21H16ClF3N2O4S. The molecule has 0 aromatic heterocycles. The van der Waals surface area contributed by atoms with Crippen LogP contribution in [0, 0.1) is 17.5 Å². The van der Waals surface area contributed by atoms with Crippen LogP contribution in [0.25, 0.3) is 0 Å². The van der Waals surface area contributed by atoms with Gasteiger partial charge in [-0.3, -0.25) is 9.10 Å². The van der Waals surface area contributed by atoms with Crippen molar-refractivity contribution in [3.63, 3.8) is 0 Å². The van der Waals surface area contributed by atoms with Crippen LogP contribution in [-0.2, 0) is 10.0 Å². The molecule has 0 aliphatic rings. The Morgan fingerprint density at radius 1 is 1.00 bits per heavy atom. The van der Waals surface area contributed by atoms with Gasteiger partial charge in [-0.05, 0) is 54.6 Å². The maximum atomic E-state index is 13.9. The fourth-order valence-corrected chi connectivity index (χ4v) is 4.17. The average Bonchev–Trinajstić information content (AvgIpc) is 2.79. The summed E-state index contributed by atoms with van der Waals surface area (Å²) in [6.07, 6.45) is 0. The highest BCUT2D eigenvalue weighted by atomic mass is 35.5. The molecule has 0 bridgehead atoms. The zero-order chi connectivity index (χ0) is 23.6. The molecule has 0 radical (unpaired) electrons. The third-order valence-electron chi connectivity index (χ3n) is 4.56. The highest BCUT2D eigenvalue weighted by Crippen LogP contribution is 2.28. The monoisotopic (exact) mass is 484 g/mol. The smallest absolute Gasteiger partial charge is 0.264 e. The number of sulfonamides is 1. The second-order valence-electron chi connectivity index (χ2n) is 6.49. The molecule has 3 aromatic carbocycles. The molecular weight excluding hydrogens is 469 g/mol. The minimum absolute atomic E-state index is 0.128. The van der Waals surface area contributed by atoms with Crippen LogP contribution >= 0.6 is 11.6 Å². The third-order valence-corrected chi connectivity index (χ3v) is 6.67. The molecule has 1 amide bonds. The van der Waals surface area contributed by atoms with Crippen molar-refractivity contribution in [2.75, 3.05) is 23.8 Å². The van der Waals surface area contributed by atoms with E-state index in [1.165, 1.54) is 38.4 Å². The van der Waals surface area contributed by atoms with Crippen LogP contribution in [0.1, 0.15) is 10.4 Å². The quantitative estimate of drug-likeness (QED) is 0.508. The summed E-state index contributed by atoms with van der Waals surface area (Å²) in [6, 6.07) is 11.1. The molecule has 3 aromatic rings. The Balaban J connectivity index is 1.93. The highest BCUT2D eigenvalue weighted by Gasteiger charge is 2.24. The van der Waals surface area contributed by atoms with E-state index in [1.54, 1.807) is 12.1 Å². The molecule has 0 heterocycles. The number of rotatable bonds is 6. The number of anilines is 2. The van der Waals surface area contributed by atoms with E-state index in [9.17, 15) is 26.4 Å². The van der Waals surface area contributed by atoms with E-state index in [0.29, 0.717) is 17.5 Å². The topological polar surface area (TPSA) is 75.7 Å². The summed E-state index contributed by atoms with van der Waals surface area (Å²) in [6.45, 7) is 0. The summed E-state index contributed by atoms with van der Waals surface area (Å²) in [5.74, 6) is -5.25.